The van der Waals surface area contributed by atoms with E-state index in [4.69, 9.17) is 4.74 Å². The van der Waals surface area contributed by atoms with Crippen LogP contribution in [0.5, 0.6) is 0 Å². The second kappa shape index (κ2) is 8.07. The van der Waals surface area contributed by atoms with E-state index in [0.717, 1.165) is 18.4 Å². The fourth-order valence-electron chi connectivity index (χ4n) is 8.08. The summed E-state index contributed by atoms with van der Waals surface area (Å²) in [6.45, 7) is 12.2. The molecule has 0 unspecified atom stereocenters. The standard InChI is InChI=1S/C25H47N3O/c1-19-10-11-21-24(3)22(20-18-25(19,21)13-12-23(20,2)29-24)26-14-7-8-16-28(6)17-9-15-27(4)5/h19-22,26H,7-18H2,1-6H3/t19-,20+,21+,22+,23+,24-,25+/m1/s1. The molecule has 4 fully saturated rings. The second-order valence-corrected chi connectivity index (χ2v) is 11.8. The van der Waals surface area contributed by atoms with E-state index in [1.54, 1.807) is 0 Å². The summed E-state index contributed by atoms with van der Waals surface area (Å²) in [6, 6.07) is 0.564. The minimum absolute atomic E-state index is 0.0574. The van der Waals surface area contributed by atoms with E-state index in [1.165, 1.54) is 71.0 Å². The first kappa shape index (κ1) is 22.0. The molecule has 0 aromatic rings. The highest BCUT2D eigenvalue weighted by Crippen LogP contribution is 2.72. The van der Waals surface area contributed by atoms with Crippen LogP contribution >= 0.6 is 0 Å². The minimum Gasteiger partial charge on any atom is -0.367 e. The van der Waals surface area contributed by atoms with E-state index in [2.05, 4.69) is 57.0 Å². The summed E-state index contributed by atoms with van der Waals surface area (Å²) < 4.78 is 7.00. The van der Waals surface area contributed by atoms with E-state index in [-0.39, 0.29) is 11.2 Å². The summed E-state index contributed by atoms with van der Waals surface area (Å²) >= 11 is 0. The van der Waals surface area contributed by atoms with Crippen molar-refractivity contribution in [1.29, 1.82) is 0 Å². The average Bonchev–Trinajstić information content (AvgIpc) is 3.02. The third-order valence-corrected chi connectivity index (χ3v) is 9.68. The predicted octanol–water partition coefficient (Wildman–Crippen LogP) is 4.00. The quantitative estimate of drug-likeness (QED) is 0.556. The summed E-state index contributed by atoms with van der Waals surface area (Å²) in [5.74, 6) is 2.38. The normalized spacial score (nSPS) is 45.5. The molecule has 3 saturated carbocycles. The molecular formula is C25H47N3O. The van der Waals surface area contributed by atoms with Gasteiger partial charge in [-0.3, -0.25) is 0 Å². The molecule has 1 N–H and O–H groups in total. The first-order chi connectivity index (χ1) is 13.7. The molecule has 1 heterocycles. The molecule has 4 rings (SSSR count). The van der Waals surface area contributed by atoms with Gasteiger partial charge in [-0.25, -0.2) is 0 Å². The van der Waals surface area contributed by atoms with Crippen molar-refractivity contribution in [3.05, 3.63) is 0 Å². The highest BCUT2D eigenvalue weighted by Gasteiger charge is 2.73. The maximum Gasteiger partial charge on any atom is 0.0851 e. The lowest BCUT2D eigenvalue weighted by atomic mass is 9.49. The third kappa shape index (κ3) is 3.70. The zero-order valence-corrected chi connectivity index (χ0v) is 20.1. The van der Waals surface area contributed by atoms with Crippen LogP contribution in [0.25, 0.3) is 0 Å². The number of nitrogens with zero attached hydrogens (tertiary/aromatic N) is 2. The van der Waals surface area contributed by atoms with Gasteiger partial charge in [0.1, 0.15) is 0 Å². The third-order valence-electron chi connectivity index (χ3n) is 9.68. The molecule has 0 aromatic carbocycles. The number of hydrogen-bond donors (Lipinski definition) is 1. The van der Waals surface area contributed by atoms with Gasteiger partial charge in [0.2, 0.25) is 0 Å². The molecule has 3 aliphatic carbocycles. The van der Waals surface area contributed by atoms with Crippen molar-refractivity contribution in [2.24, 2.45) is 23.2 Å². The van der Waals surface area contributed by atoms with Gasteiger partial charge in [0.25, 0.3) is 0 Å². The molecule has 0 aromatic heterocycles. The molecule has 4 heteroatoms. The molecule has 4 nitrogen and oxygen atoms in total. The van der Waals surface area contributed by atoms with Crippen molar-refractivity contribution in [2.75, 3.05) is 47.3 Å². The maximum atomic E-state index is 7.00. The Hall–Kier alpha value is -0.160. The summed E-state index contributed by atoms with van der Waals surface area (Å²) in [7, 11) is 6.60. The van der Waals surface area contributed by atoms with Crippen molar-refractivity contribution < 1.29 is 4.74 Å². The monoisotopic (exact) mass is 405 g/mol. The van der Waals surface area contributed by atoms with Crippen LogP contribution in [0.4, 0.5) is 0 Å². The zero-order chi connectivity index (χ0) is 20.9. The smallest absolute Gasteiger partial charge is 0.0851 e. The Balaban J connectivity index is 1.28. The summed E-state index contributed by atoms with van der Waals surface area (Å²) in [5, 5.41) is 4.04. The largest absolute Gasteiger partial charge is 0.367 e. The van der Waals surface area contributed by atoms with E-state index in [0.29, 0.717) is 17.4 Å². The molecule has 1 saturated heterocycles. The van der Waals surface area contributed by atoms with E-state index in [1.807, 2.05) is 0 Å². The SMILES string of the molecule is C[C@@H]1CC[C@@H]2[C@]13CC[C@]1(C)O[C@@]2(C)[C@@H](NCCCCN(C)CCCN(C)C)[C@@H]1C3. The van der Waals surface area contributed by atoms with E-state index < -0.39 is 0 Å². The van der Waals surface area contributed by atoms with Gasteiger partial charge in [-0.05, 0) is 130 Å². The van der Waals surface area contributed by atoms with Crippen LogP contribution in [0, 0.1) is 23.2 Å². The van der Waals surface area contributed by atoms with Crippen LogP contribution < -0.4 is 5.32 Å². The number of rotatable bonds is 10. The zero-order valence-electron chi connectivity index (χ0n) is 20.1. The van der Waals surface area contributed by atoms with Crippen LogP contribution in [0.2, 0.25) is 0 Å². The lowest BCUT2D eigenvalue weighted by molar-refractivity contribution is -0.115. The van der Waals surface area contributed by atoms with Gasteiger partial charge in [-0.2, -0.15) is 0 Å². The molecular weight excluding hydrogens is 358 g/mol. The fraction of sp³-hybridized carbons (Fsp3) is 1.00. The van der Waals surface area contributed by atoms with Gasteiger partial charge in [0.15, 0.2) is 0 Å². The summed E-state index contributed by atoms with van der Waals surface area (Å²) in [4.78, 5) is 4.78. The molecule has 1 spiro atoms. The highest BCUT2D eigenvalue weighted by molar-refractivity contribution is 5.24. The number of ether oxygens (including phenoxy) is 1. The minimum atomic E-state index is 0.0574. The van der Waals surface area contributed by atoms with Crippen molar-refractivity contribution in [3.8, 4) is 0 Å². The molecule has 4 aliphatic rings. The Kier molecular flexibility index (Phi) is 6.14. The van der Waals surface area contributed by atoms with Crippen LogP contribution in [0.1, 0.15) is 72.1 Å². The number of hydrogen-bond acceptors (Lipinski definition) is 4. The van der Waals surface area contributed by atoms with Gasteiger partial charge >= 0.3 is 0 Å². The summed E-state index contributed by atoms with van der Waals surface area (Å²) in [6.07, 6.45) is 10.7. The lowest BCUT2D eigenvalue weighted by Gasteiger charge is -2.55. The average molecular weight is 406 g/mol. The topological polar surface area (TPSA) is 27.7 Å². The van der Waals surface area contributed by atoms with Crippen LogP contribution in [-0.2, 0) is 4.74 Å². The Morgan fingerprint density at radius 3 is 2.48 bits per heavy atom. The van der Waals surface area contributed by atoms with Crippen LogP contribution in [0.3, 0.4) is 0 Å². The highest BCUT2D eigenvalue weighted by atomic mass is 16.5. The molecule has 7 atom stereocenters. The predicted molar refractivity (Wildman–Crippen MR) is 121 cm³/mol. The lowest BCUT2D eigenvalue weighted by Crippen LogP contribution is -2.62. The maximum absolute atomic E-state index is 7.00. The van der Waals surface area contributed by atoms with Crippen LogP contribution in [-0.4, -0.2) is 74.4 Å². The first-order valence-electron chi connectivity index (χ1n) is 12.5. The first-order valence-corrected chi connectivity index (χ1v) is 12.5. The fourth-order valence-corrected chi connectivity index (χ4v) is 8.08. The molecule has 29 heavy (non-hydrogen) atoms. The van der Waals surface area contributed by atoms with Gasteiger partial charge in [-0.15, -0.1) is 0 Å². The summed E-state index contributed by atoms with van der Waals surface area (Å²) in [5.41, 5.74) is 0.763. The number of unbranched alkanes of at least 4 members (excludes halogenated alkanes) is 1. The molecule has 1 aliphatic heterocycles. The molecule has 168 valence electrons. The number of nitrogens with one attached hydrogen (secondary N) is 1. The Labute approximate surface area is 180 Å². The Bertz CT molecular complexity index is 582. The van der Waals surface area contributed by atoms with Crippen molar-refractivity contribution in [1.82, 2.24) is 15.1 Å². The molecule has 0 radical (unpaired) electrons. The Morgan fingerprint density at radius 1 is 0.966 bits per heavy atom. The van der Waals surface area contributed by atoms with Gasteiger partial charge in [0, 0.05) is 12.0 Å². The molecule has 0 amide bonds. The van der Waals surface area contributed by atoms with Gasteiger partial charge < -0.3 is 19.9 Å². The van der Waals surface area contributed by atoms with Gasteiger partial charge in [0.05, 0.1) is 11.2 Å². The number of fused-ring (bicyclic) bond motifs is 2. The van der Waals surface area contributed by atoms with E-state index in [9.17, 15) is 0 Å². The second-order valence-electron chi connectivity index (χ2n) is 11.8. The van der Waals surface area contributed by atoms with Crippen molar-refractivity contribution in [2.45, 2.75) is 89.4 Å². The Morgan fingerprint density at radius 2 is 1.72 bits per heavy atom. The molecule has 3 bridgehead atoms. The van der Waals surface area contributed by atoms with E-state index >= 15 is 0 Å². The van der Waals surface area contributed by atoms with Gasteiger partial charge in [-0.1, -0.05) is 6.92 Å². The van der Waals surface area contributed by atoms with Crippen LogP contribution in [0.15, 0.2) is 0 Å². The van der Waals surface area contributed by atoms with Crippen molar-refractivity contribution >= 4 is 0 Å². The van der Waals surface area contributed by atoms with Crippen molar-refractivity contribution in [3.63, 3.8) is 0 Å².